The molecule has 24 heavy (non-hydrogen) atoms. The van der Waals surface area contributed by atoms with Crippen molar-refractivity contribution in [3.05, 3.63) is 11.6 Å². The molecule has 0 aliphatic carbocycles. The highest BCUT2D eigenvalue weighted by Crippen LogP contribution is 2.09. The van der Waals surface area contributed by atoms with Crippen LogP contribution in [0.25, 0.3) is 0 Å². The van der Waals surface area contributed by atoms with Gasteiger partial charge in [0.15, 0.2) is 16.0 Å². The van der Waals surface area contributed by atoms with Crippen LogP contribution in [0, 0.1) is 0 Å². The van der Waals surface area contributed by atoms with Crippen LogP contribution in [0.5, 0.6) is 0 Å². The second-order valence-corrected chi connectivity index (χ2v) is 8.28. The maximum atomic E-state index is 11.3. The van der Waals surface area contributed by atoms with E-state index in [9.17, 15) is 22.6 Å². The van der Waals surface area contributed by atoms with Gasteiger partial charge in [-0.1, -0.05) is 24.0 Å². The first-order valence-corrected chi connectivity index (χ1v) is 9.85. The van der Waals surface area contributed by atoms with E-state index < -0.39 is 15.9 Å². The number of nitrogens with one attached hydrogen (secondary N) is 1. The summed E-state index contributed by atoms with van der Waals surface area (Å²) in [4.78, 5) is 22.6. The quantitative estimate of drug-likeness (QED) is 0.348. The SMILES string of the molecule is CC(=O)Cc1nnc(CC(C)=O)n1NC(=S)SCCCS(=O)(=O)[O-]. The maximum absolute atomic E-state index is 11.3. The molecular weight excluding hydrogens is 376 g/mol. The number of Topliss-reactive ketones (excluding diaryl/α,β-unsaturated/α-hetero) is 2. The van der Waals surface area contributed by atoms with Crippen LogP contribution in [0.1, 0.15) is 31.9 Å². The average Bonchev–Trinajstić information content (AvgIpc) is 2.75. The third kappa shape index (κ3) is 7.95. The molecule has 0 spiro atoms. The Bertz CT molecular complexity index is 696. The van der Waals surface area contributed by atoms with Crippen LogP contribution >= 0.6 is 24.0 Å². The standard InChI is InChI=1S/C12H18N4O5S3/c1-8(17)6-10-13-14-11(7-9(2)18)16(10)15-12(22)23-4-3-5-24(19,20)21/h3-7H2,1-2H3,(H,15,22)(H,19,20,21)/p-1. The fourth-order valence-electron chi connectivity index (χ4n) is 1.68. The maximum Gasteiger partial charge on any atom is 0.159 e. The molecule has 12 heteroatoms. The first-order valence-electron chi connectivity index (χ1n) is 6.88. The second kappa shape index (κ2) is 9.20. The van der Waals surface area contributed by atoms with Crippen molar-refractivity contribution < 1.29 is 22.6 Å². The summed E-state index contributed by atoms with van der Waals surface area (Å²) < 4.78 is 33.3. The van der Waals surface area contributed by atoms with Gasteiger partial charge in [-0.05, 0) is 20.3 Å². The van der Waals surface area contributed by atoms with Gasteiger partial charge < -0.3 is 4.55 Å². The number of thioether (sulfide) groups is 1. The van der Waals surface area contributed by atoms with Crippen LogP contribution in [0.15, 0.2) is 0 Å². The van der Waals surface area contributed by atoms with Gasteiger partial charge in [-0.2, -0.15) is 0 Å². The van der Waals surface area contributed by atoms with Crippen molar-refractivity contribution in [1.29, 1.82) is 0 Å². The van der Waals surface area contributed by atoms with Crippen molar-refractivity contribution in [2.45, 2.75) is 33.1 Å². The molecule has 0 unspecified atom stereocenters. The minimum absolute atomic E-state index is 0.0274. The summed E-state index contributed by atoms with van der Waals surface area (Å²) in [6.07, 6.45) is 0.223. The lowest BCUT2D eigenvalue weighted by molar-refractivity contribution is -0.117. The van der Waals surface area contributed by atoms with Gasteiger partial charge in [0.25, 0.3) is 0 Å². The lowest BCUT2D eigenvalue weighted by Gasteiger charge is -2.13. The summed E-state index contributed by atoms with van der Waals surface area (Å²) in [5.74, 6) is 0.269. The fourth-order valence-corrected chi connectivity index (χ4v) is 3.33. The molecule has 1 N–H and O–H groups in total. The molecule has 9 nitrogen and oxygen atoms in total. The largest absolute Gasteiger partial charge is 0.748 e. The molecule has 0 saturated carbocycles. The lowest BCUT2D eigenvalue weighted by atomic mass is 10.3. The highest BCUT2D eigenvalue weighted by molar-refractivity contribution is 8.23. The van der Waals surface area contributed by atoms with E-state index >= 15 is 0 Å². The van der Waals surface area contributed by atoms with Crippen LogP contribution in [0.2, 0.25) is 0 Å². The first-order chi connectivity index (χ1) is 11.1. The zero-order chi connectivity index (χ0) is 18.3. The molecule has 1 aromatic rings. The van der Waals surface area contributed by atoms with E-state index in [0.29, 0.717) is 17.4 Å². The highest BCUT2D eigenvalue weighted by Gasteiger charge is 2.16. The summed E-state index contributed by atoms with van der Waals surface area (Å²) in [6, 6.07) is 0. The number of carbonyl (C=O) groups excluding carboxylic acids is 2. The summed E-state index contributed by atoms with van der Waals surface area (Å²) >= 11 is 6.27. The van der Waals surface area contributed by atoms with Gasteiger partial charge in [0.2, 0.25) is 0 Å². The monoisotopic (exact) mass is 393 g/mol. The number of ketones is 2. The van der Waals surface area contributed by atoms with Crippen LogP contribution < -0.4 is 5.43 Å². The Balaban J connectivity index is 2.72. The van der Waals surface area contributed by atoms with Crippen LogP contribution in [0.4, 0.5) is 0 Å². The smallest absolute Gasteiger partial charge is 0.159 e. The van der Waals surface area contributed by atoms with E-state index in [-0.39, 0.29) is 35.1 Å². The van der Waals surface area contributed by atoms with E-state index in [0.717, 1.165) is 11.8 Å². The number of nitrogens with zero attached hydrogens (tertiary/aromatic N) is 3. The average molecular weight is 393 g/mol. The van der Waals surface area contributed by atoms with Gasteiger partial charge in [-0.25, -0.2) is 13.1 Å². The Hall–Kier alpha value is -1.37. The van der Waals surface area contributed by atoms with Gasteiger partial charge in [0.1, 0.15) is 11.6 Å². The summed E-state index contributed by atoms with van der Waals surface area (Å²) in [6.45, 7) is 2.81. The Morgan fingerprint density at radius 2 is 1.71 bits per heavy atom. The lowest BCUT2D eigenvalue weighted by Crippen LogP contribution is -2.25. The highest BCUT2D eigenvalue weighted by atomic mass is 32.2. The van der Waals surface area contributed by atoms with Crippen LogP contribution in [-0.4, -0.2) is 55.2 Å². The Morgan fingerprint density at radius 3 is 2.12 bits per heavy atom. The second-order valence-electron chi connectivity index (χ2n) is 4.99. The van der Waals surface area contributed by atoms with Crippen molar-refractivity contribution >= 4 is 50.0 Å². The summed E-state index contributed by atoms with van der Waals surface area (Å²) in [7, 11) is -4.24. The predicted molar refractivity (Wildman–Crippen MR) is 92.4 cm³/mol. The molecule has 0 saturated heterocycles. The number of rotatable bonds is 9. The zero-order valence-electron chi connectivity index (χ0n) is 13.1. The number of aromatic nitrogens is 3. The minimum Gasteiger partial charge on any atom is -0.748 e. The van der Waals surface area contributed by atoms with E-state index in [4.69, 9.17) is 12.2 Å². The predicted octanol–water partition coefficient (Wildman–Crippen LogP) is 0.0380. The van der Waals surface area contributed by atoms with Gasteiger partial charge in [0, 0.05) is 11.5 Å². The Kier molecular flexibility index (Phi) is 7.93. The van der Waals surface area contributed by atoms with E-state index in [1.807, 2.05) is 0 Å². The minimum atomic E-state index is -4.24. The van der Waals surface area contributed by atoms with Crippen LogP contribution in [0.3, 0.4) is 0 Å². The molecule has 0 atom stereocenters. The van der Waals surface area contributed by atoms with Crippen LogP contribution in [-0.2, 0) is 32.5 Å². The molecule has 0 aliphatic heterocycles. The first kappa shape index (κ1) is 20.7. The van der Waals surface area contributed by atoms with Crippen molar-refractivity contribution in [1.82, 2.24) is 14.9 Å². The molecule has 0 aliphatic rings. The van der Waals surface area contributed by atoms with Crippen molar-refractivity contribution in [3.8, 4) is 0 Å². The molecular formula is C12H17N4O5S3-. The molecule has 1 aromatic heterocycles. The Labute approximate surface area is 149 Å². The Morgan fingerprint density at radius 1 is 1.21 bits per heavy atom. The van der Waals surface area contributed by atoms with Crippen molar-refractivity contribution in [2.24, 2.45) is 0 Å². The van der Waals surface area contributed by atoms with Crippen molar-refractivity contribution in [3.63, 3.8) is 0 Å². The van der Waals surface area contributed by atoms with Crippen molar-refractivity contribution in [2.75, 3.05) is 16.9 Å². The number of hydrogen-bond acceptors (Lipinski definition) is 9. The van der Waals surface area contributed by atoms with E-state index in [1.54, 1.807) is 0 Å². The molecule has 0 aromatic carbocycles. The molecule has 0 amide bonds. The zero-order valence-corrected chi connectivity index (χ0v) is 15.6. The third-order valence-corrected chi connectivity index (χ3v) is 4.67. The van der Waals surface area contributed by atoms with Gasteiger partial charge in [-0.3, -0.25) is 15.0 Å². The number of thiocarbonyl (C=S) groups is 1. The van der Waals surface area contributed by atoms with E-state index in [1.165, 1.54) is 18.5 Å². The number of carbonyl (C=O) groups is 2. The summed E-state index contributed by atoms with van der Waals surface area (Å²) in [5, 5.41) is 7.76. The fraction of sp³-hybridized carbons (Fsp3) is 0.583. The molecule has 1 heterocycles. The molecule has 1 rings (SSSR count). The molecule has 0 radical (unpaired) electrons. The van der Waals surface area contributed by atoms with Gasteiger partial charge in [0.05, 0.1) is 23.0 Å². The van der Waals surface area contributed by atoms with Gasteiger partial charge in [-0.15, -0.1) is 10.2 Å². The third-order valence-electron chi connectivity index (χ3n) is 2.59. The van der Waals surface area contributed by atoms with Gasteiger partial charge >= 0.3 is 0 Å². The summed E-state index contributed by atoms with van der Waals surface area (Å²) in [5.41, 5.74) is 2.82. The molecule has 0 fully saturated rings. The van der Waals surface area contributed by atoms with E-state index in [2.05, 4.69) is 15.6 Å². The molecule has 0 bridgehead atoms. The normalized spacial score (nSPS) is 11.3. The topological polar surface area (TPSA) is 134 Å². The number of hydrogen-bond donors (Lipinski definition) is 1. The molecule has 134 valence electrons.